The van der Waals surface area contributed by atoms with Gasteiger partial charge in [-0.15, -0.1) is 0 Å². The molecule has 26 heavy (non-hydrogen) atoms. The van der Waals surface area contributed by atoms with Crippen molar-refractivity contribution < 1.29 is 5.11 Å². The number of aliphatic hydroxyl groups excluding tert-OH is 1. The van der Waals surface area contributed by atoms with Gasteiger partial charge in [0.05, 0.1) is 12.6 Å². The van der Waals surface area contributed by atoms with Crippen molar-refractivity contribution in [3.63, 3.8) is 0 Å². The van der Waals surface area contributed by atoms with Crippen LogP contribution in [0.4, 0.5) is 5.69 Å². The van der Waals surface area contributed by atoms with E-state index in [-0.39, 0.29) is 0 Å². The van der Waals surface area contributed by atoms with Gasteiger partial charge in [-0.3, -0.25) is 0 Å². The van der Waals surface area contributed by atoms with Crippen LogP contribution < -0.4 is 10.8 Å². The number of aliphatic hydroxyl groups is 1. The molecule has 0 fully saturated rings. The minimum atomic E-state index is -0.518. The molecular weight excluding hydrogens is 387 g/mol. The summed E-state index contributed by atoms with van der Waals surface area (Å²) in [5.41, 5.74) is 3.91. The predicted octanol–water partition coefficient (Wildman–Crippen LogP) is 3.82. The molecule has 0 aliphatic carbocycles. The summed E-state index contributed by atoms with van der Waals surface area (Å²) in [5.74, 6) is 0. The molecule has 1 unspecified atom stereocenters. The molecule has 4 rings (SSSR count). The Bertz CT molecular complexity index is 1000. The number of hydrogen-bond donors (Lipinski definition) is 2. The van der Waals surface area contributed by atoms with Crippen LogP contribution in [0.3, 0.4) is 0 Å². The van der Waals surface area contributed by atoms with Gasteiger partial charge < -0.3 is 15.0 Å². The van der Waals surface area contributed by atoms with E-state index in [4.69, 9.17) is 7.85 Å². The Morgan fingerprint density at radius 3 is 2.42 bits per heavy atom. The molecule has 0 aliphatic heterocycles. The molecule has 1 aromatic heterocycles. The molecule has 0 amide bonds. The second-order valence-corrected chi connectivity index (χ2v) is 7.37. The maximum absolute atomic E-state index is 10.6. The average molecular weight is 405 g/mol. The molecule has 0 aliphatic rings. The quantitative estimate of drug-likeness (QED) is 0.496. The minimum absolute atomic E-state index is 0.483. The lowest BCUT2D eigenvalue weighted by molar-refractivity contribution is 0.169. The third kappa shape index (κ3) is 3.37. The second kappa shape index (κ2) is 7.18. The highest BCUT2D eigenvalue weighted by Crippen LogP contribution is 2.30. The number of benzene rings is 3. The maximum atomic E-state index is 10.6. The van der Waals surface area contributed by atoms with Crippen molar-refractivity contribution in [2.75, 3.05) is 11.9 Å². The molecule has 1 atom stereocenters. The van der Waals surface area contributed by atoms with Gasteiger partial charge >= 0.3 is 0 Å². The highest BCUT2D eigenvalue weighted by Gasteiger charge is 2.14. The summed E-state index contributed by atoms with van der Waals surface area (Å²) >= 11 is 3.55. The number of anilines is 1. The fraction of sp³-hybridized carbons (Fsp3) is 0.143. The van der Waals surface area contributed by atoms with Gasteiger partial charge in [-0.2, -0.15) is 0 Å². The van der Waals surface area contributed by atoms with E-state index >= 15 is 0 Å². The van der Waals surface area contributed by atoms with E-state index in [1.54, 1.807) is 0 Å². The summed E-state index contributed by atoms with van der Waals surface area (Å²) in [6.07, 6.45) is -0.518. The van der Waals surface area contributed by atoms with Crippen molar-refractivity contribution >= 4 is 56.7 Å². The lowest BCUT2D eigenvalue weighted by Crippen LogP contribution is -2.24. The van der Waals surface area contributed by atoms with E-state index < -0.39 is 6.10 Å². The molecule has 0 saturated carbocycles. The van der Waals surface area contributed by atoms with Crippen molar-refractivity contribution in [3.05, 3.63) is 71.2 Å². The van der Waals surface area contributed by atoms with E-state index in [1.807, 2.05) is 54.6 Å². The Kier molecular flexibility index (Phi) is 4.75. The molecule has 1 heterocycles. The summed E-state index contributed by atoms with van der Waals surface area (Å²) in [6.45, 7) is 0.988. The Morgan fingerprint density at radius 1 is 0.962 bits per heavy atom. The van der Waals surface area contributed by atoms with E-state index in [0.29, 0.717) is 13.1 Å². The van der Waals surface area contributed by atoms with Crippen LogP contribution in [0.5, 0.6) is 0 Å². The van der Waals surface area contributed by atoms with Gasteiger partial charge in [-0.1, -0.05) is 51.7 Å². The third-order valence-corrected chi connectivity index (χ3v) is 5.05. The van der Waals surface area contributed by atoms with Gasteiger partial charge in [-0.05, 0) is 36.4 Å². The summed E-state index contributed by atoms with van der Waals surface area (Å²) < 4.78 is 3.19. The summed E-state index contributed by atoms with van der Waals surface area (Å²) in [5, 5.41) is 16.1. The largest absolute Gasteiger partial charge is 0.389 e. The molecule has 5 heteroatoms. The zero-order valence-corrected chi connectivity index (χ0v) is 15.8. The fourth-order valence-corrected chi connectivity index (χ4v) is 3.72. The number of para-hydroxylation sites is 1. The Morgan fingerprint density at radius 2 is 1.65 bits per heavy atom. The first kappa shape index (κ1) is 17.2. The van der Waals surface area contributed by atoms with Crippen LogP contribution >= 0.6 is 15.9 Å². The Hall–Kier alpha value is -2.24. The van der Waals surface area contributed by atoms with Crippen molar-refractivity contribution in [2.45, 2.75) is 12.6 Å². The van der Waals surface area contributed by atoms with Gasteiger partial charge in [-0.25, -0.2) is 0 Å². The molecule has 3 nitrogen and oxygen atoms in total. The van der Waals surface area contributed by atoms with Gasteiger partial charge in [0.25, 0.3) is 0 Å². The van der Waals surface area contributed by atoms with Crippen molar-refractivity contribution in [2.24, 2.45) is 0 Å². The molecule has 3 aromatic carbocycles. The second-order valence-electron chi connectivity index (χ2n) is 6.45. The van der Waals surface area contributed by atoms with Gasteiger partial charge in [0.1, 0.15) is 7.85 Å². The fourth-order valence-electron chi connectivity index (χ4n) is 3.36. The molecule has 2 radical (unpaired) electrons. The van der Waals surface area contributed by atoms with Crippen LogP contribution in [0.1, 0.15) is 0 Å². The van der Waals surface area contributed by atoms with E-state index in [2.05, 4.69) is 37.9 Å². The average Bonchev–Trinajstić information content (AvgIpc) is 2.93. The normalized spacial score (nSPS) is 12.5. The van der Waals surface area contributed by atoms with Crippen LogP contribution in [0.2, 0.25) is 0 Å². The van der Waals surface area contributed by atoms with Crippen molar-refractivity contribution in [1.82, 2.24) is 4.57 Å². The first-order valence-corrected chi connectivity index (χ1v) is 9.35. The zero-order valence-electron chi connectivity index (χ0n) is 14.2. The van der Waals surface area contributed by atoms with Gasteiger partial charge in [0.15, 0.2) is 0 Å². The molecule has 0 saturated heterocycles. The third-order valence-electron chi connectivity index (χ3n) is 4.56. The van der Waals surface area contributed by atoms with Crippen molar-refractivity contribution in [1.29, 1.82) is 0 Å². The van der Waals surface area contributed by atoms with Gasteiger partial charge in [0, 0.05) is 38.5 Å². The monoisotopic (exact) mass is 404 g/mol. The Labute approximate surface area is 162 Å². The van der Waals surface area contributed by atoms with Gasteiger partial charge in [0.2, 0.25) is 0 Å². The van der Waals surface area contributed by atoms with E-state index in [0.717, 1.165) is 37.4 Å². The first-order valence-electron chi connectivity index (χ1n) is 8.56. The Balaban J connectivity index is 1.66. The molecule has 128 valence electrons. The standard InChI is InChI=1S/C21H18BBrN2O/c22-14-6-8-20-18(10-14)19-11-15(23)7-9-21(19)25(20)13-17(26)12-24-16-4-2-1-3-5-16/h1-11,17,24,26H,12-13H2. The van der Waals surface area contributed by atoms with E-state index in [9.17, 15) is 5.11 Å². The lowest BCUT2D eigenvalue weighted by Gasteiger charge is -2.15. The minimum Gasteiger partial charge on any atom is -0.389 e. The van der Waals surface area contributed by atoms with Crippen LogP contribution in [-0.2, 0) is 6.54 Å². The predicted molar refractivity (Wildman–Crippen MR) is 113 cm³/mol. The van der Waals surface area contributed by atoms with Crippen LogP contribution in [0, 0.1) is 0 Å². The van der Waals surface area contributed by atoms with Crippen LogP contribution in [0.15, 0.2) is 71.2 Å². The molecule has 2 N–H and O–H groups in total. The van der Waals surface area contributed by atoms with Crippen LogP contribution in [0.25, 0.3) is 21.8 Å². The highest BCUT2D eigenvalue weighted by molar-refractivity contribution is 9.10. The number of rotatable bonds is 5. The first-order chi connectivity index (χ1) is 12.6. The molecule has 4 aromatic rings. The number of aromatic nitrogens is 1. The number of fused-ring (bicyclic) bond motifs is 3. The molecule has 0 bridgehead atoms. The maximum Gasteiger partial charge on any atom is 0.113 e. The smallest absolute Gasteiger partial charge is 0.113 e. The molecule has 0 spiro atoms. The number of halogens is 1. The lowest BCUT2D eigenvalue weighted by atomic mass is 9.94. The SMILES string of the molecule is [B]c1ccc2c(c1)c1cc(Br)ccc1n2CC(O)CNc1ccccc1. The summed E-state index contributed by atoms with van der Waals surface area (Å²) in [4.78, 5) is 0. The van der Waals surface area contributed by atoms with Crippen molar-refractivity contribution in [3.8, 4) is 0 Å². The molecular formula is C21H18BBrN2O. The zero-order chi connectivity index (χ0) is 18.1. The number of nitrogens with one attached hydrogen (secondary N) is 1. The summed E-state index contributed by atoms with van der Waals surface area (Å²) in [6, 6.07) is 22.0. The van der Waals surface area contributed by atoms with E-state index in [1.165, 1.54) is 0 Å². The van der Waals surface area contributed by atoms with Crippen LogP contribution in [-0.4, -0.2) is 30.2 Å². The summed E-state index contributed by atoms with van der Waals surface area (Å²) in [7, 11) is 6.00. The number of nitrogens with zero attached hydrogens (tertiary/aromatic N) is 1. The topological polar surface area (TPSA) is 37.2 Å². The number of hydrogen-bond acceptors (Lipinski definition) is 2. The highest BCUT2D eigenvalue weighted by atomic mass is 79.9.